The summed E-state index contributed by atoms with van der Waals surface area (Å²) in [5.74, 6) is 0.108. The summed E-state index contributed by atoms with van der Waals surface area (Å²) in [5.41, 5.74) is 0.966. The summed E-state index contributed by atoms with van der Waals surface area (Å²) in [6, 6.07) is 5.87. The molecule has 0 aliphatic carbocycles. The summed E-state index contributed by atoms with van der Waals surface area (Å²) < 4.78 is 20.7. The Balaban J connectivity index is 1.51. The second kappa shape index (κ2) is 8.07. The number of aliphatic hydroxyl groups excluding tert-OH is 1. The Morgan fingerprint density at radius 2 is 2.14 bits per heavy atom. The number of hydrogen-bond acceptors (Lipinski definition) is 8. The molecule has 0 spiro atoms. The van der Waals surface area contributed by atoms with Gasteiger partial charge in [-0.05, 0) is 24.6 Å². The molecule has 3 heterocycles. The molecule has 1 atom stereocenters. The fourth-order valence-electron chi connectivity index (χ4n) is 2.71. The molecule has 4 rings (SSSR count). The standard InChI is InChI=1S/C18H17FN6O3S/c1-11-15(16(26)21-8-14-20-6-7-28-14)29-17(23-11)24-10-22-25(18(24)27)9-12-2-4-13(19)5-3-12/h2-7,10,16,21,26H,8-9H2,1H3. The van der Waals surface area contributed by atoms with E-state index in [0.717, 1.165) is 5.56 Å². The van der Waals surface area contributed by atoms with Crippen LogP contribution in [-0.2, 0) is 13.1 Å². The van der Waals surface area contributed by atoms with Crippen molar-refractivity contribution in [2.75, 3.05) is 0 Å². The monoisotopic (exact) mass is 416 g/mol. The average Bonchev–Trinajstić information content (AvgIpc) is 3.43. The number of aliphatic hydroxyl groups is 1. The molecule has 29 heavy (non-hydrogen) atoms. The van der Waals surface area contributed by atoms with Crippen LogP contribution < -0.4 is 11.0 Å². The van der Waals surface area contributed by atoms with E-state index in [1.54, 1.807) is 19.1 Å². The highest BCUT2D eigenvalue weighted by molar-refractivity contribution is 7.14. The number of benzene rings is 1. The van der Waals surface area contributed by atoms with E-state index in [0.29, 0.717) is 21.6 Å². The molecule has 0 radical (unpaired) electrons. The van der Waals surface area contributed by atoms with Gasteiger partial charge in [0.15, 0.2) is 5.13 Å². The van der Waals surface area contributed by atoms with Crippen LogP contribution in [0.3, 0.4) is 0 Å². The molecule has 0 aliphatic heterocycles. The van der Waals surface area contributed by atoms with Gasteiger partial charge in [-0.1, -0.05) is 23.5 Å². The van der Waals surface area contributed by atoms with Gasteiger partial charge in [0.25, 0.3) is 0 Å². The van der Waals surface area contributed by atoms with Gasteiger partial charge >= 0.3 is 5.69 Å². The Morgan fingerprint density at radius 1 is 1.34 bits per heavy atom. The van der Waals surface area contributed by atoms with E-state index in [1.165, 1.54) is 51.5 Å². The normalized spacial score (nSPS) is 12.4. The minimum atomic E-state index is -0.988. The maximum Gasteiger partial charge on any atom is 0.352 e. The Morgan fingerprint density at radius 3 is 2.86 bits per heavy atom. The van der Waals surface area contributed by atoms with Crippen molar-refractivity contribution in [2.45, 2.75) is 26.2 Å². The number of hydrogen-bond donors (Lipinski definition) is 2. The summed E-state index contributed by atoms with van der Waals surface area (Å²) in [4.78, 5) is 21.6. The van der Waals surface area contributed by atoms with Gasteiger partial charge in [0, 0.05) is 0 Å². The molecule has 1 aromatic carbocycles. The van der Waals surface area contributed by atoms with E-state index < -0.39 is 6.23 Å². The molecule has 1 unspecified atom stereocenters. The summed E-state index contributed by atoms with van der Waals surface area (Å²) in [7, 11) is 0. The number of halogens is 1. The number of oxazole rings is 1. The number of thiazole rings is 1. The Bertz CT molecular complexity index is 1150. The molecule has 0 saturated heterocycles. The zero-order valence-corrected chi connectivity index (χ0v) is 16.1. The van der Waals surface area contributed by atoms with Crippen LogP contribution in [0.4, 0.5) is 4.39 Å². The summed E-state index contributed by atoms with van der Waals surface area (Å²) in [6.45, 7) is 2.21. The third-order valence-electron chi connectivity index (χ3n) is 4.18. The third kappa shape index (κ3) is 4.16. The highest BCUT2D eigenvalue weighted by Crippen LogP contribution is 2.25. The Labute approximate surface area is 168 Å². The quantitative estimate of drug-likeness (QED) is 0.442. The maximum atomic E-state index is 13.0. The second-order valence-corrected chi connectivity index (χ2v) is 7.23. The number of nitrogens with one attached hydrogen (secondary N) is 1. The highest BCUT2D eigenvalue weighted by atomic mass is 32.1. The Kier molecular flexibility index (Phi) is 5.34. The molecule has 3 aromatic heterocycles. The molecule has 150 valence electrons. The van der Waals surface area contributed by atoms with E-state index in [2.05, 4.69) is 20.4 Å². The molecule has 11 heteroatoms. The lowest BCUT2D eigenvalue weighted by Crippen LogP contribution is -2.24. The molecular weight excluding hydrogens is 399 g/mol. The smallest absolute Gasteiger partial charge is 0.352 e. The summed E-state index contributed by atoms with van der Waals surface area (Å²) in [6.07, 6.45) is 3.36. The molecule has 0 saturated carbocycles. The number of nitrogens with zero attached hydrogens (tertiary/aromatic N) is 5. The SMILES string of the molecule is Cc1nc(-n2cnn(Cc3ccc(F)cc3)c2=O)sc1C(O)NCc1ncco1. The zero-order valence-electron chi connectivity index (χ0n) is 15.3. The van der Waals surface area contributed by atoms with Crippen molar-refractivity contribution in [3.8, 4) is 5.13 Å². The lowest BCUT2D eigenvalue weighted by Gasteiger charge is -2.09. The first-order chi connectivity index (χ1) is 14.0. The fourth-order valence-corrected chi connectivity index (χ4v) is 3.70. The molecular formula is C18H17FN6O3S. The van der Waals surface area contributed by atoms with Gasteiger partial charge in [-0.2, -0.15) is 5.10 Å². The summed E-state index contributed by atoms with van der Waals surface area (Å²) >= 11 is 1.18. The molecule has 0 fully saturated rings. The van der Waals surface area contributed by atoms with Crippen LogP contribution in [0.5, 0.6) is 0 Å². The molecule has 0 amide bonds. The predicted octanol–water partition coefficient (Wildman–Crippen LogP) is 1.76. The first-order valence-electron chi connectivity index (χ1n) is 8.67. The molecule has 2 N–H and O–H groups in total. The van der Waals surface area contributed by atoms with Crippen LogP contribution in [0.1, 0.15) is 28.3 Å². The van der Waals surface area contributed by atoms with Crippen molar-refractivity contribution >= 4 is 11.3 Å². The minimum Gasteiger partial charge on any atom is -0.448 e. The fraction of sp³-hybridized carbons (Fsp3) is 0.222. The van der Waals surface area contributed by atoms with E-state index >= 15 is 0 Å². The van der Waals surface area contributed by atoms with Gasteiger partial charge < -0.3 is 9.52 Å². The second-order valence-electron chi connectivity index (χ2n) is 6.22. The van der Waals surface area contributed by atoms with Gasteiger partial charge in [-0.3, -0.25) is 5.32 Å². The van der Waals surface area contributed by atoms with E-state index in [1.807, 2.05) is 0 Å². The molecule has 0 aliphatic rings. The van der Waals surface area contributed by atoms with Crippen LogP contribution in [0, 0.1) is 12.7 Å². The van der Waals surface area contributed by atoms with Crippen LogP contribution in [-0.4, -0.2) is 29.4 Å². The van der Waals surface area contributed by atoms with Crippen molar-refractivity contribution in [1.82, 2.24) is 29.6 Å². The number of aryl methyl sites for hydroxylation is 1. The maximum absolute atomic E-state index is 13.0. The molecule has 4 aromatic rings. The van der Waals surface area contributed by atoms with Crippen LogP contribution in [0.15, 0.2) is 52.3 Å². The van der Waals surface area contributed by atoms with Crippen molar-refractivity contribution in [3.05, 3.63) is 81.4 Å². The van der Waals surface area contributed by atoms with E-state index in [-0.39, 0.29) is 24.6 Å². The molecule has 0 bridgehead atoms. The van der Waals surface area contributed by atoms with Crippen molar-refractivity contribution in [3.63, 3.8) is 0 Å². The van der Waals surface area contributed by atoms with Gasteiger partial charge in [0.2, 0.25) is 5.89 Å². The Hall–Kier alpha value is -3.15. The van der Waals surface area contributed by atoms with Gasteiger partial charge in [-0.15, -0.1) is 0 Å². The van der Waals surface area contributed by atoms with Crippen LogP contribution in [0.2, 0.25) is 0 Å². The first kappa shape index (κ1) is 19.2. The van der Waals surface area contributed by atoms with E-state index in [9.17, 15) is 14.3 Å². The van der Waals surface area contributed by atoms with Crippen molar-refractivity contribution in [1.29, 1.82) is 0 Å². The predicted molar refractivity (Wildman–Crippen MR) is 102 cm³/mol. The van der Waals surface area contributed by atoms with Gasteiger partial charge in [0.1, 0.15) is 24.6 Å². The molecule has 9 nitrogen and oxygen atoms in total. The van der Waals surface area contributed by atoms with E-state index in [4.69, 9.17) is 4.42 Å². The number of rotatable bonds is 7. The topological polar surface area (TPSA) is 111 Å². The summed E-state index contributed by atoms with van der Waals surface area (Å²) in [5, 5.41) is 17.8. The largest absolute Gasteiger partial charge is 0.448 e. The lowest BCUT2D eigenvalue weighted by molar-refractivity contribution is 0.136. The van der Waals surface area contributed by atoms with Crippen molar-refractivity contribution < 1.29 is 13.9 Å². The number of aromatic nitrogens is 5. The zero-order chi connectivity index (χ0) is 20.4. The third-order valence-corrected chi connectivity index (χ3v) is 5.39. The van der Waals surface area contributed by atoms with Gasteiger partial charge in [0.05, 0.1) is 29.9 Å². The average molecular weight is 416 g/mol. The lowest BCUT2D eigenvalue weighted by atomic mass is 10.2. The van der Waals surface area contributed by atoms with Crippen LogP contribution >= 0.6 is 11.3 Å². The minimum absolute atomic E-state index is 0.212. The highest BCUT2D eigenvalue weighted by Gasteiger charge is 2.19. The van der Waals surface area contributed by atoms with Crippen molar-refractivity contribution in [2.24, 2.45) is 0 Å². The van der Waals surface area contributed by atoms with Gasteiger partial charge in [-0.25, -0.2) is 28.4 Å². The first-order valence-corrected chi connectivity index (χ1v) is 9.49. The van der Waals surface area contributed by atoms with Crippen LogP contribution in [0.25, 0.3) is 5.13 Å².